The van der Waals surface area contributed by atoms with Crippen LogP contribution in [0.5, 0.6) is 0 Å². The van der Waals surface area contributed by atoms with E-state index in [1.165, 1.54) is 38.2 Å². The van der Waals surface area contributed by atoms with E-state index in [0.29, 0.717) is 12.0 Å². The average Bonchev–Trinajstić information content (AvgIpc) is 2.90. The lowest BCUT2D eigenvalue weighted by molar-refractivity contribution is 0.184. The molecule has 0 amide bonds. The van der Waals surface area contributed by atoms with Crippen LogP contribution in [0.4, 0.5) is 4.39 Å². The Morgan fingerprint density at radius 3 is 2.90 bits per heavy atom. The van der Waals surface area contributed by atoms with E-state index in [4.69, 9.17) is 5.73 Å². The summed E-state index contributed by atoms with van der Waals surface area (Å²) in [4.78, 5) is 0. The van der Waals surface area contributed by atoms with Crippen molar-refractivity contribution in [1.82, 2.24) is 4.57 Å². The van der Waals surface area contributed by atoms with Crippen LogP contribution >= 0.6 is 0 Å². The molecule has 0 saturated heterocycles. The molecule has 2 N–H and O–H groups in total. The summed E-state index contributed by atoms with van der Waals surface area (Å²) in [6, 6.07) is 7.57. The second-order valence-electron chi connectivity index (χ2n) is 6.46. The molecule has 0 radical (unpaired) electrons. The number of fused-ring (bicyclic) bond motifs is 1. The Morgan fingerprint density at radius 2 is 2.14 bits per heavy atom. The van der Waals surface area contributed by atoms with Gasteiger partial charge in [-0.3, -0.25) is 0 Å². The predicted molar refractivity (Wildman–Crippen MR) is 85.7 cm³/mol. The summed E-state index contributed by atoms with van der Waals surface area (Å²) >= 11 is 0. The standard InChI is InChI=1S/C18H25FN2/c1-2-3-13-4-5-15(12-20)17(10-13)21-9-8-14-6-7-16(19)11-18(14)21/h6-9,11,13,15,17H,2-5,10,12,20H2,1H3. The molecule has 21 heavy (non-hydrogen) atoms. The van der Waals surface area contributed by atoms with E-state index in [2.05, 4.69) is 23.8 Å². The fourth-order valence-electron chi connectivity index (χ4n) is 3.99. The Hall–Kier alpha value is -1.35. The number of hydrogen-bond acceptors (Lipinski definition) is 1. The Bertz CT molecular complexity index is 604. The third kappa shape index (κ3) is 2.84. The fourth-order valence-corrected chi connectivity index (χ4v) is 3.99. The molecule has 1 aliphatic carbocycles. The molecule has 114 valence electrons. The molecular weight excluding hydrogens is 263 g/mol. The van der Waals surface area contributed by atoms with Gasteiger partial charge < -0.3 is 10.3 Å². The first-order valence-corrected chi connectivity index (χ1v) is 8.19. The number of halogens is 1. The van der Waals surface area contributed by atoms with Crippen molar-refractivity contribution in [1.29, 1.82) is 0 Å². The summed E-state index contributed by atoms with van der Waals surface area (Å²) < 4.78 is 15.9. The molecule has 3 rings (SSSR count). The van der Waals surface area contributed by atoms with Gasteiger partial charge in [0, 0.05) is 12.2 Å². The van der Waals surface area contributed by atoms with Crippen molar-refractivity contribution in [3.05, 3.63) is 36.3 Å². The molecule has 2 nitrogen and oxygen atoms in total. The normalized spacial score (nSPS) is 26.3. The van der Waals surface area contributed by atoms with E-state index in [1.54, 1.807) is 6.07 Å². The first-order valence-electron chi connectivity index (χ1n) is 8.19. The highest BCUT2D eigenvalue weighted by Gasteiger charge is 2.30. The number of nitrogens with zero attached hydrogens (tertiary/aromatic N) is 1. The van der Waals surface area contributed by atoms with Gasteiger partial charge >= 0.3 is 0 Å². The minimum absolute atomic E-state index is 0.160. The molecule has 0 aliphatic heterocycles. The number of aromatic nitrogens is 1. The van der Waals surface area contributed by atoms with Crippen LogP contribution in [0.3, 0.4) is 0 Å². The average molecular weight is 288 g/mol. The summed E-state index contributed by atoms with van der Waals surface area (Å²) in [6.45, 7) is 2.98. The SMILES string of the molecule is CCCC1CCC(CN)C(n2ccc3ccc(F)cc32)C1. The summed E-state index contributed by atoms with van der Waals surface area (Å²) in [5, 5.41) is 1.12. The van der Waals surface area contributed by atoms with Gasteiger partial charge in [-0.15, -0.1) is 0 Å². The smallest absolute Gasteiger partial charge is 0.125 e. The Kier molecular flexibility index (Phi) is 4.29. The largest absolute Gasteiger partial charge is 0.344 e. The van der Waals surface area contributed by atoms with Gasteiger partial charge in [0.2, 0.25) is 0 Å². The predicted octanol–water partition coefficient (Wildman–Crippen LogP) is 4.50. The van der Waals surface area contributed by atoms with Crippen LogP contribution in [-0.2, 0) is 0 Å². The molecule has 0 spiro atoms. The zero-order chi connectivity index (χ0) is 14.8. The molecule has 1 saturated carbocycles. The fraction of sp³-hybridized carbons (Fsp3) is 0.556. The maximum absolute atomic E-state index is 13.6. The van der Waals surface area contributed by atoms with Crippen molar-refractivity contribution in [3.63, 3.8) is 0 Å². The van der Waals surface area contributed by atoms with Crippen LogP contribution in [0.1, 0.15) is 45.1 Å². The first-order chi connectivity index (χ1) is 10.2. The Balaban J connectivity index is 1.95. The molecular formula is C18H25FN2. The first kappa shape index (κ1) is 14.6. The highest BCUT2D eigenvalue weighted by molar-refractivity contribution is 5.80. The van der Waals surface area contributed by atoms with Crippen LogP contribution < -0.4 is 5.73 Å². The molecule has 1 fully saturated rings. The van der Waals surface area contributed by atoms with E-state index in [0.717, 1.165) is 23.4 Å². The third-order valence-electron chi connectivity index (χ3n) is 5.11. The number of nitrogens with two attached hydrogens (primary N) is 1. The zero-order valence-corrected chi connectivity index (χ0v) is 12.8. The number of benzene rings is 1. The highest BCUT2D eigenvalue weighted by atomic mass is 19.1. The summed E-state index contributed by atoms with van der Waals surface area (Å²) in [5.74, 6) is 1.14. The number of hydrogen-bond donors (Lipinski definition) is 1. The molecule has 2 aromatic rings. The minimum atomic E-state index is -0.160. The van der Waals surface area contributed by atoms with Gasteiger partial charge in [0.15, 0.2) is 0 Å². The van der Waals surface area contributed by atoms with E-state index in [-0.39, 0.29) is 5.82 Å². The zero-order valence-electron chi connectivity index (χ0n) is 12.8. The number of rotatable bonds is 4. The lowest BCUT2D eigenvalue weighted by Crippen LogP contribution is -2.32. The summed E-state index contributed by atoms with van der Waals surface area (Å²) in [7, 11) is 0. The summed E-state index contributed by atoms with van der Waals surface area (Å²) in [5.41, 5.74) is 7.02. The molecule has 3 heteroatoms. The topological polar surface area (TPSA) is 30.9 Å². The van der Waals surface area contributed by atoms with E-state index < -0.39 is 0 Å². The van der Waals surface area contributed by atoms with E-state index >= 15 is 0 Å². The summed E-state index contributed by atoms with van der Waals surface area (Å²) in [6.07, 6.45) is 8.31. The molecule has 3 unspecified atom stereocenters. The molecule has 0 bridgehead atoms. The van der Waals surface area contributed by atoms with Gasteiger partial charge in [-0.05, 0) is 67.3 Å². The highest BCUT2D eigenvalue weighted by Crippen LogP contribution is 2.40. The van der Waals surface area contributed by atoms with Crippen molar-refractivity contribution in [3.8, 4) is 0 Å². The van der Waals surface area contributed by atoms with Gasteiger partial charge in [0.05, 0.1) is 5.52 Å². The molecule has 1 heterocycles. The third-order valence-corrected chi connectivity index (χ3v) is 5.11. The second kappa shape index (κ2) is 6.18. The van der Waals surface area contributed by atoms with E-state index in [9.17, 15) is 4.39 Å². The van der Waals surface area contributed by atoms with Gasteiger partial charge in [0.25, 0.3) is 0 Å². The van der Waals surface area contributed by atoms with Crippen molar-refractivity contribution in [2.75, 3.05) is 6.54 Å². The minimum Gasteiger partial charge on any atom is -0.344 e. The maximum atomic E-state index is 13.6. The van der Waals surface area contributed by atoms with Crippen molar-refractivity contribution in [2.24, 2.45) is 17.6 Å². The Labute approximate surface area is 126 Å². The maximum Gasteiger partial charge on any atom is 0.125 e. The van der Waals surface area contributed by atoms with Crippen LogP contribution in [-0.4, -0.2) is 11.1 Å². The van der Waals surface area contributed by atoms with Gasteiger partial charge in [-0.1, -0.05) is 19.8 Å². The van der Waals surface area contributed by atoms with Crippen LogP contribution in [0.15, 0.2) is 30.5 Å². The second-order valence-corrected chi connectivity index (χ2v) is 6.46. The van der Waals surface area contributed by atoms with Crippen LogP contribution in [0, 0.1) is 17.7 Å². The quantitative estimate of drug-likeness (QED) is 0.882. The van der Waals surface area contributed by atoms with Crippen LogP contribution in [0.2, 0.25) is 0 Å². The molecule has 1 aliphatic rings. The Morgan fingerprint density at radius 1 is 1.29 bits per heavy atom. The van der Waals surface area contributed by atoms with Crippen molar-refractivity contribution >= 4 is 10.9 Å². The van der Waals surface area contributed by atoms with Crippen molar-refractivity contribution in [2.45, 2.75) is 45.1 Å². The van der Waals surface area contributed by atoms with E-state index in [1.807, 2.05) is 6.07 Å². The molecule has 1 aromatic carbocycles. The molecule has 1 aromatic heterocycles. The lowest BCUT2D eigenvalue weighted by Gasteiger charge is -2.37. The van der Waals surface area contributed by atoms with Crippen molar-refractivity contribution < 1.29 is 4.39 Å². The van der Waals surface area contributed by atoms with Gasteiger partial charge in [-0.2, -0.15) is 0 Å². The van der Waals surface area contributed by atoms with Gasteiger partial charge in [0.1, 0.15) is 5.82 Å². The van der Waals surface area contributed by atoms with Gasteiger partial charge in [-0.25, -0.2) is 4.39 Å². The van der Waals surface area contributed by atoms with Crippen LogP contribution in [0.25, 0.3) is 10.9 Å². The molecule has 3 atom stereocenters. The lowest BCUT2D eigenvalue weighted by atomic mass is 9.76. The monoisotopic (exact) mass is 288 g/mol.